The molecule has 0 aromatic rings. The van der Waals surface area contributed by atoms with Crippen LogP contribution in [0.5, 0.6) is 0 Å². The molecule has 2 fully saturated rings. The third-order valence-electron chi connectivity index (χ3n) is 5.48. The second kappa shape index (κ2) is 4.52. The first-order valence-corrected chi connectivity index (χ1v) is 7.15. The van der Waals surface area contributed by atoms with Crippen molar-refractivity contribution in [3.8, 4) is 0 Å². The summed E-state index contributed by atoms with van der Waals surface area (Å²) in [5, 5.41) is 4.52. The lowest BCUT2D eigenvalue weighted by Crippen LogP contribution is -2.33. The number of oxime groups is 1. The third kappa shape index (κ3) is 2.07. The Labute approximate surface area is 112 Å². The molecule has 18 heavy (non-hydrogen) atoms. The predicted molar refractivity (Wildman–Crippen MR) is 75.8 cm³/mol. The Bertz CT molecular complexity index is 348. The van der Waals surface area contributed by atoms with E-state index in [1.807, 2.05) is 0 Å². The SMILES string of the molecule is CC(CN(C)C)O/N=C1\C[C@H]2CC[C@]1(C)C2(C)C. The van der Waals surface area contributed by atoms with E-state index in [4.69, 9.17) is 4.84 Å². The molecule has 0 radical (unpaired) electrons. The van der Waals surface area contributed by atoms with Gasteiger partial charge in [0, 0.05) is 12.0 Å². The van der Waals surface area contributed by atoms with Gasteiger partial charge in [-0.25, -0.2) is 0 Å². The molecule has 0 aliphatic heterocycles. The molecule has 1 unspecified atom stereocenters. The van der Waals surface area contributed by atoms with Crippen molar-refractivity contribution in [2.24, 2.45) is 21.9 Å². The molecule has 2 aliphatic rings. The Hall–Kier alpha value is -0.570. The van der Waals surface area contributed by atoms with E-state index in [1.165, 1.54) is 18.6 Å². The van der Waals surface area contributed by atoms with Crippen LogP contribution >= 0.6 is 0 Å². The Morgan fingerprint density at radius 1 is 1.39 bits per heavy atom. The van der Waals surface area contributed by atoms with Gasteiger partial charge in [-0.2, -0.15) is 0 Å². The third-order valence-corrected chi connectivity index (χ3v) is 5.48. The molecule has 3 nitrogen and oxygen atoms in total. The van der Waals surface area contributed by atoms with Gasteiger partial charge < -0.3 is 9.74 Å². The highest BCUT2D eigenvalue weighted by atomic mass is 16.6. The molecule has 0 aromatic heterocycles. The number of rotatable bonds is 4. The molecule has 2 rings (SSSR count). The minimum Gasteiger partial charge on any atom is -0.391 e. The molecule has 0 spiro atoms. The topological polar surface area (TPSA) is 24.8 Å². The molecule has 3 heteroatoms. The zero-order valence-corrected chi connectivity index (χ0v) is 12.8. The molecule has 2 bridgehead atoms. The molecule has 0 saturated heterocycles. The van der Waals surface area contributed by atoms with Crippen molar-refractivity contribution in [1.82, 2.24) is 4.90 Å². The summed E-state index contributed by atoms with van der Waals surface area (Å²) in [6.07, 6.45) is 3.93. The molecule has 0 N–H and O–H groups in total. The van der Waals surface area contributed by atoms with Crippen LogP contribution in [-0.4, -0.2) is 37.4 Å². The number of nitrogens with zero attached hydrogens (tertiary/aromatic N) is 2. The van der Waals surface area contributed by atoms with Gasteiger partial charge in [0.2, 0.25) is 0 Å². The van der Waals surface area contributed by atoms with Gasteiger partial charge in [-0.1, -0.05) is 25.9 Å². The molecule has 2 aliphatic carbocycles. The number of likely N-dealkylation sites (N-methyl/N-ethyl adjacent to an activating group) is 1. The van der Waals surface area contributed by atoms with Crippen molar-refractivity contribution in [2.45, 2.75) is 53.1 Å². The summed E-state index contributed by atoms with van der Waals surface area (Å²) in [5.74, 6) is 0.800. The summed E-state index contributed by atoms with van der Waals surface area (Å²) < 4.78 is 0. The van der Waals surface area contributed by atoms with E-state index < -0.39 is 0 Å². The Morgan fingerprint density at radius 2 is 2.06 bits per heavy atom. The molecule has 0 amide bonds. The smallest absolute Gasteiger partial charge is 0.137 e. The van der Waals surface area contributed by atoms with Crippen molar-refractivity contribution in [1.29, 1.82) is 0 Å². The first-order chi connectivity index (χ1) is 8.27. The van der Waals surface area contributed by atoms with Gasteiger partial charge in [-0.15, -0.1) is 0 Å². The van der Waals surface area contributed by atoms with E-state index in [0.717, 1.165) is 18.9 Å². The Kier molecular flexibility index (Phi) is 3.48. The summed E-state index contributed by atoms with van der Waals surface area (Å²) >= 11 is 0. The summed E-state index contributed by atoms with van der Waals surface area (Å²) in [4.78, 5) is 7.83. The highest BCUT2D eigenvalue weighted by Crippen LogP contribution is 2.63. The second-order valence-electron chi connectivity index (χ2n) is 7.21. The first kappa shape index (κ1) is 13.9. The molecular weight excluding hydrogens is 224 g/mol. The second-order valence-corrected chi connectivity index (χ2v) is 7.21. The van der Waals surface area contributed by atoms with Gasteiger partial charge >= 0.3 is 0 Å². The molecular formula is C15H28N2O. The van der Waals surface area contributed by atoms with Gasteiger partial charge in [-0.3, -0.25) is 0 Å². The highest BCUT2D eigenvalue weighted by molar-refractivity contribution is 5.93. The zero-order valence-electron chi connectivity index (χ0n) is 12.8. The van der Waals surface area contributed by atoms with Gasteiger partial charge in [0.05, 0.1) is 5.71 Å². The first-order valence-electron chi connectivity index (χ1n) is 7.15. The van der Waals surface area contributed by atoms with Crippen molar-refractivity contribution >= 4 is 5.71 Å². The van der Waals surface area contributed by atoms with Crippen LogP contribution in [0.2, 0.25) is 0 Å². The molecule has 2 saturated carbocycles. The van der Waals surface area contributed by atoms with Crippen LogP contribution in [0, 0.1) is 16.7 Å². The fraction of sp³-hybridized carbons (Fsp3) is 0.933. The number of hydrogen-bond acceptors (Lipinski definition) is 3. The maximum Gasteiger partial charge on any atom is 0.137 e. The quantitative estimate of drug-likeness (QED) is 0.718. The largest absolute Gasteiger partial charge is 0.391 e. The van der Waals surface area contributed by atoms with E-state index in [2.05, 4.69) is 51.8 Å². The van der Waals surface area contributed by atoms with Crippen LogP contribution in [0.15, 0.2) is 5.16 Å². The van der Waals surface area contributed by atoms with Gasteiger partial charge in [0.15, 0.2) is 0 Å². The molecule has 0 heterocycles. The van der Waals surface area contributed by atoms with E-state index in [9.17, 15) is 0 Å². The van der Waals surface area contributed by atoms with Crippen molar-refractivity contribution in [2.75, 3.05) is 20.6 Å². The monoisotopic (exact) mass is 252 g/mol. The summed E-state index contributed by atoms with van der Waals surface area (Å²) in [7, 11) is 4.13. The summed E-state index contributed by atoms with van der Waals surface area (Å²) in [6, 6.07) is 0. The Balaban J connectivity index is 2.03. The van der Waals surface area contributed by atoms with Crippen LogP contribution in [0.25, 0.3) is 0 Å². The van der Waals surface area contributed by atoms with Crippen molar-refractivity contribution in [3.05, 3.63) is 0 Å². The lowest BCUT2D eigenvalue weighted by atomic mass is 9.70. The van der Waals surface area contributed by atoms with Crippen LogP contribution in [0.4, 0.5) is 0 Å². The standard InChI is InChI=1S/C15H28N2O/c1-11(10-17(5)6)18-16-13-9-12-7-8-15(13,4)14(12,2)3/h11-12H,7-10H2,1-6H3/b16-13+/t11?,12-,15+/m1/s1. The minimum absolute atomic E-state index is 0.165. The fourth-order valence-electron chi connectivity index (χ4n) is 3.77. The normalized spacial score (nSPS) is 37.5. The maximum atomic E-state index is 5.69. The van der Waals surface area contributed by atoms with Crippen LogP contribution in [0.3, 0.4) is 0 Å². The van der Waals surface area contributed by atoms with Gasteiger partial charge in [-0.05, 0) is 51.6 Å². The van der Waals surface area contributed by atoms with Crippen LogP contribution in [-0.2, 0) is 4.84 Å². The maximum absolute atomic E-state index is 5.69. The van der Waals surface area contributed by atoms with Crippen molar-refractivity contribution < 1.29 is 4.84 Å². The summed E-state index contributed by atoms with van der Waals surface area (Å²) in [5.41, 5.74) is 1.95. The van der Waals surface area contributed by atoms with Gasteiger partial charge in [0.25, 0.3) is 0 Å². The fourth-order valence-corrected chi connectivity index (χ4v) is 3.77. The summed E-state index contributed by atoms with van der Waals surface area (Å²) in [6.45, 7) is 10.2. The number of hydrogen-bond donors (Lipinski definition) is 0. The molecule has 104 valence electrons. The average Bonchev–Trinajstić information content (AvgIpc) is 2.57. The Morgan fingerprint density at radius 3 is 2.50 bits per heavy atom. The van der Waals surface area contributed by atoms with Gasteiger partial charge in [0.1, 0.15) is 6.10 Å². The van der Waals surface area contributed by atoms with Crippen molar-refractivity contribution in [3.63, 3.8) is 0 Å². The predicted octanol–water partition coefficient (Wildman–Crippen LogP) is 3.16. The van der Waals surface area contributed by atoms with E-state index in [-0.39, 0.29) is 11.5 Å². The molecule has 3 atom stereocenters. The zero-order chi connectivity index (χ0) is 13.6. The van der Waals surface area contributed by atoms with E-state index >= 15 is 0 Å². The highest BCUT2D eigenvalue weighted by Gasteiger charge is 2.60. The lowest BCUT2D eigenvalue weighted by molar-refractivity contribution is 0.0502. The van der Waals surface area contributed by atoms with Crippen LogP contribution in [0.1, 0.15) is 47.0 Å². The van der Waals surface area contributed by atoms with E-state index in [0.29, 0.717) is 5.41 Å². The molecule has 0 aromatic carbocycles. The van der Waals surface area contributed by atoms with Crippen LogP contribution < -0.4 is 0 Å². The lowest BCUT2D eigenvalue weighted by Gasteiger charge is -2.34. The number of fused-ring (bicyclic) bond motifs is 2. The van der Waals surface area contributed by atoms with E-state index in [1.54, 1.807) is 0 Å². The minimum atomic E-state index is 0.165. The average molecular weight is 252 g/mol.